The standard InChI is InChI=1S/C20H22ClNO2/c1-13-4-5-17(12-14(13)2)19(23)10-11-20(24)22-15(3)16-6-8-18(21)9-7-16/h4-9,12,15H,10-11H2,1-3H3,(H,22,24)/t15-/m0/s1. The van der Waals surface area contributed by atoms with E-state index in [4.69, 9.17) is 11.6 Å². The molecule has 1 N–H and O–H groups in total. The Morgan fingerprint density at radius 3 is 2.29 bits per heavy atom. The van der Waals surface area contributed by atoms with Crippen molar-refractivity contribution in [1.82, 2.24) is 5.32 Å². The SMILES string of the molecule is Cc1ccc(C(=O)CCC(=O)N[C@@H](C)c2ccc(Cl)cc2)cc1C. The normalized spacial score (nSPS) is 11.8. The molecule has 0 spiro atoms. The van der Waals surface area contributed by atoms with E-state index in [0.29, 0.717) is 10.6 Å². The molecule has 2 aromatic rings. The number of ketones is 1. The number of carbonyl (C=O) groups excluding carboxylic acids is 2. The fraction of sp³-hybridized carbons (Fsp3) is 0.300. The van der Waals surface area contributed by atoms with Gasteiger partial charge < -0.3 is 5.32 Å². The number of amides is 1. The van der Waals surface area contributed by atoms with Crippen molar-refractivity contribution in [3.8, 4) is 0 Å². The van der Waals surface area contributed by atoms with Crippen molar-refractivity contribution in [1.29, 1.82) is 0 Å². The molecule has 0 radical (unpaired) electrons. The second-order valence-electron chi connectivity index (χ2n) is 6.06. The van der Waals surface area contributed by atoms with Crippen LogP contribution in [0.15, 0.2) is 42.5 Å². The summed E-state index contributed by atoms with van der Waals surface area (Å²) in [6.07, 6.45) is 0.394. The van der Waals surface area contributed by atoms with Gasteiger partial charge in [0.15, 0.2) is 5.78 Å². The van der Waals surface area contributed by atoms with Crippen LogP contribution in [0, 0.1) is 13.8 Å². The third-order valence-electron chi connectivity index (χ3n) is 4.16. The van der Waals surface area contributed by atoms with E-state index in [1.807, 2.05) is 51.1 Å². The molecule has 0 aliphatic heterocycles. The van der Waals surface area contributed by atoms with Crippen molar-refractivity contribution >= 4 is 23.3 Å². The number of hydrogen-bond donors (Lipinski definition) is 1. The summed E-state index contributed by atoms with van der Waals surface area (Å²) in [4.78, 5) is 24.3. The molecule has 126 valence electrons. The van der Waals surface area contributed by atoms with Gasteiger partial charge in [0.2, 0.25) is 5.91 Å². The molecule has 0 heterocycles. The van der Waals surface area contributed by atoms with Crippen LogP contribution in [0.4, 0.5) is 0 Å². The molecule has 0 saturated heterocycles. The number of benzene rings is 2. The molecule has 2 rings (SSSR count). The number of halogens is 1. The van der Waals surface area contributed by atoms with E-state index in [0.717, 1.165) is 16.7 Å². The van der Waals surface area contributed by atoms with Crippen LogP contribution in [0.5, 0.6) is 0 Å². The summed E-state index contributed by atoms with van der Waals surface area (Å²) >= 11 is 5.86. The van der Waals surface area contributed by atoms with Crippen molar-refractivity contribution in [2.45, 2.75) is 39.7 Å². The Morgan fingerprint density at radius 2 is 1.67 bits per heavy atom. The molecule has 0 bridgehead atoms. The maximum absolute atomic E-state index is 12.2. The highest BCUT2D eigenvalue weighted by Gasteiger charge is 2.13. The lowest BCUT2D eigenvalue weighted by Crippen LogP contribution is -2.26. The van der Waals surface area contributed by atoms with Gasteiger partial charge in [-0.1, -0.05) is 35.9 Å². The molecule has 0 unspecified atom stereocenters. The molecule has 1 amide bonds. The quantitative estimate of drug-likeness (QED) is 0.766. The zero-order valence-electron chi connectivity index (χ0n) is 14.2. The average molecular weight is 344 g/mol. The Bertz CT molecular complexity index is 738. The van der Waals surface area contributed by atoms with Crippen molar-refractivity contribution in [2.75, 3.05) is 0 Å². The monoisotopic (exact) mass is 343 g/mol. The number of aryl methyl sites for hydroxylation is 2. The van der Waals surface area contributed by atoms with Crippen LogP contribution in [-0.2, 0) is 4.79 Å². The lowest BCUT2D eigenvalue weighted by atomic mass is 10.0. The maximum atomic E-state index is 12.2. The number of Topliss-reactive ketones (excluding diaryl/α,β-unsaturated/α-hetero) is 1. The molecule has 4 heteroatoms. The first-order valence-corrected chi connectivity index (χ1v) is 8.40. The van der Waals surface area contributed by atoms with Gasteiger partial charge in [0.1, 0.15) is 0 Å². The molecule has 1 atom stereocenters. The Kier molecular flexibility index (Phi) is 6.16. The average Bonchev–Trinajstić information content (AvgIpc) is 2.55. The van der Waals surface area contributed by atoms with Crippen molar-refractivity contribution in [2.24, 2.45) is 0 Å². The number of carbonyl (C=O) groups is 2. The van der Waals surface area contributed by atoms with Gasteiger partial charge in [-0.25, -0.2) is 0 Å². The number of hydrogen-bond acceptors (Lipinski definition) is 2. The lowest BCUT2D eigenvalue weighted by Gasteiger charge is -2.14. The highest BCUT2D eigenvalue weighted by atomic mass is 35.5. The second-order valence-corrected chi connectivity index (χ2v) is 6.50. The van der Waals surface area contributed by atoms with Gasteiger partial charge in [-0.15, -0.1) is 0 Å². The van der Waals surface area contributed by atoms with Crippen LogP contribution in [0.1, 0.15) is 52.9 Å². The molecule has 0 aliphatic rings. The Balaban J connectivity index is 1.87. The molecule has 0 saturated carbocycles. The minimum atomic E-state index is -0.130. The Labute approximate surface area is 148 Å². The molecule has 0 fully saturated rings. The zero-order valence-corrected chi connectivity index (χ0v) is 15.0. The van der Waals surface area contributed by atoms with E-state index >= 15 is 0 Å². The predicted molar refractivity (Wildman–Crippen MR) is 97.5 cm³/mol. The predicted octanol–water partition coefficient (Wildman–Crippen LogP) is 4.80. The summed E-state index contributed by atoms with van der Waals surface area (Å²) in [5, 5.41) is 3.57. The third kappa shape index (κ3) is 4.93. The zero-order chi connectivity index (χ0) is 17.7. The summed E-state index contributed by atoms with van der Waals surface area (Å²) in [5.74, 6) is -0.137. The molecule has 0 aromatic heterocycles. The van der Waals surface area contributed by atoms with Gasteiger partial charge in [0.05, 0.1) is 6.04 Å². The second kappa shape index (κ2) is 8.11. The van der Waals surface area contributed by atoms with Crippen LogP contribution in [-0.4, -0.2) is 11.7 Å². The van der Waals surface area contributed by atoms with Gasteiger partial charge in [0, 0.05) is 23.4 Å². The smallest absolute Gasteiger partial charge is 0.220 e. The van der Waals surface area contributed by atoms with Crippen LogP contribution >= 0.6 is 11.6 Å². The van der Waals surface area contributed by atoms with Gasteiger partial charge in [-0.3, -0.25) is 9.59 Å². The van der Waals surface area contributed by atoms with Crippen LogP contribution in [0.2, 0.25) is 5.02 Å². The van der Waals surface area contributed by atoms with Crippen molar-refractivity contribution in [3.05, 3.63) is 69.7 Å². The molecular formula is C20H22ClNO2. The van der Waals surface area contributed by atoms with Crippen molar-refractivity contribution in [3.63, 3.8) is 0 Å². The lowest BCUT2D eigenvalue weighted by molar-refractivity contribution is -0.121. The summed E-state index contributed by atoms with van der Waals surface area (Å²) in [7, 11) is 0. The van der Waals surface area contributed by atoms with Gasteiger partial charge >= 0.3 is 0 Å². The highest BCUT2D eigenvalue weighted by Crippen LogP contribution is 2.17. The molecular weight excluding hydrogens is 322 g/mol. The fourth-order valence-corrected chi connectivity index (χ4v) is 2.56. The Hall–Kier alpha value is -2.13. The maximum Gasteiger partial charge on any atom is 0.220 e. The van der Waals surface area contributed by atoms with Crippen molar-refractivity contribution < 1.29 is 9.59 Å². The Morgan fingerprint density at radius 1 is 1.00 bits per heavy atom. The van der Waals surface area contributed by atoms with E-state index in [1.54, 1.807) is 12.1 Å². The van der Waals surface area contributed by atoms with Crippen LogP contribution in [0.3, 0.4) is 0 Å². The topological polar surface area (TPSA) is 46.2 Å². The minimum absolute atomic E-state index is 0.00704. The van der Waals surface area contributed by atoms with E-state index in [9.17, 15) is 9.59 Å². The fourth-order valence-electron chi connectivity index (χ4n) is 2.43. The minimum Gasteiger partial charge on any atom is -0.350 e. The first-order chi connectivity index (χ1) is 11.4. The van der Waals surface area contributed by atoms with Gasteiger partial charge in [-0.05, 0) is 55.7 Å². The summed E-state index contributed by atoms with van der Waals surface area (Å²) in [6, 6.07) is 12.9. The summed E-state index contributed by atoms with van der Waals surface area (Å²) in [6.45, 7) is 5.90. The largest absolute Gasteiger partial charge is 0.350 e. The van der Waals surface area contributed by atoms with Gasteiger partial charge in [-0.2, -0.15) is 0 Å². The van der Waals surface area contributed by atoms with Crippen LogP contribution in [0.25, 0.3) is 0 Å². The van der Waals surface area contributed by atoms with E-state index in [1.165, 1.54) is 0 Å². The van der Waals surface area contributed by atoms with E-state index < -0.39 is 0 Å². The van der Waals surface area contributed by atoms with E-state index in [2.05, 4.69) is 5.32 Å². The van der Waals surface area contributed by atoms with Crippen LogP contribution < -0.4 is 5.32 Å². The molecule has 3 nitrogen and oxygen atoms in total. The van der Waals surface area contributed by atoms with Gasteiger partial charge in [0.25, 0.3) is 0 Å². The number of nitrogens with one attached hydrogen (secondary N) is 1. The summed E-state index contributed by atoms with van der Waals surface area (Å²) < 4.78 is 0. The first kappa shape index (κ1) is 18.2. The van der Waals surface area contributed by atoms with E-state index in [-0.39, 0.29) is 30.6 Å². The highest BCUT2D eigenvalue weighted by molar-refractivity contribution is 6.30. The number of rotatable bonds is 6. The molecule has 2 aromatic carbocycles. The third-order valence-corrected chi connectivity index (χ3v) is 4.41. The molecule has 0 aliphatic carbocycles. The molecule has 24 heavy (non-hydrogen) atoms. The first-order valence-electron chi connectivity index (χ1n) is 8.02. The summed E-state index contributed by atoms with van der Waals surface area (Å²) in [5.41, 5.74) is 3.88.